The number of hydrogen-bond donors (Lipinski definition) is 3. The maximum Gasteiger partial charge on any atom is 0.305 e. The van der Waals surface area contributed by atoms with Crippen LogP contribution in [0.5, 0.6) is 0 Å². The number of nitrogens with one attached hydrogen (secondary N) is 2. The molecule has 0 bridgehead atoms. The lowest BCUT2D eigenvalue weighted by Gasteiger charge is -2.26. The molecule has 7 heteroatoms. The first-order valence-corrected chi connectivity index (χ1v) is 4.76. The highest BCUT2D eigenvalue weighted by Gasteiger charge is 2.30. The number of anilines is 2. The summed E-state index contributed by atoms with van der Waals surface area (Å²) in [6.45, 7) is 0. The Labute approximate surface area is 94.4 Å². The number of benzene rings is 1. The molecule has 1 atom stereocenters. The molecule has 1 amide bonds. The summed E-state index contributed by atoms with van der Waals surface area (Å²) in [5.74, 6) is -4.01. The molecule has 1 unspecified atom stereocenters. The van der Waals surface area contributed by atoms with Crippen LogP contribution in [-0.2, 0) is 9.59 Å². The topological polar surface area (TPSA) is 78.4 Å². The fourth-order valence-corrected chi connectivity index (χ4v) is 1.57. The number of hydrogen-bond acceptors (Lipinski definition) is 3. The summed E-state index contributed by atoms with van der Waals surface area (Å²) in [5.41, 5.74) is -0.133. The van der Waals surface area contributed by atoms with Crippen molar-refractivity contribution in [2.24, 2.45) is 0 Å². The predicted octanol–water partition coefficient (Wildman–Crippen LogP) is 1.17. The second-order valence-electron chi connectivity index (χ2n) is 3.57. The summed E-state index contributed by atoms with van der Waals surface area (Å²) < 4.78 is 26.3. The van der Waals surface area contributed by atoms with Crippen molar-refractivity contribution in [3.05, 3.63) is 23.8 Å². The van der Waals surface area contributed by atoms with Gasteiger partial charge in [0.15, 0.2) is 11.6 Å². The molecule has 2 rings (SSSR count). The second-order valence-corrected chi connectivity index (χ2v) is 3.57. The third kappa shape index (κ3) is 2.03. The summed E-state index contributed by atoms with van der Waals surface area (Å²) in [6, 6.07) is 0.972. The number of amides is 1. The normalized spacial score (nSPS) is 18.0. The van der Waals surface area contributed by atoms with Crippen LogP contribution in [0, 0.1) is 11.6 Å². The molecule has 0 spiro atoms. The van der Waals surface area contributed by atoms with Crippen molar-refractivity contribution in [3.63, 3.8) is 0 Å². The van der Waals surface area contributed by atoms with E-state index in [0.717, 1.165) is 6.07 Å². The molecule has 1 heterocycles. The van der Waals surface area contributed by atoms with Crippen LogP contribution in [0.3, 0.4) is 0 Å². The van der Waals surface area contributed by atoms with Crippen molar-refractivity contribution in [1.82, 2.24) is 0 Å². The molecule has 0 saturated carbocycles. The number of rotatable bonds is 2. The van der Waals surface area contributed by atoms with Crippen molar-refractivity contribution in [2.45, 2.75) is 12.5 Å². The van der Waals surface area contributed by atoms with Crippen molar-refractivity contribution in [1.29, 1.82) is 0 Å². The first-order chi connectivity index (χ1) is 7.99. The molecular weight excluding hydrogens is 234 g/mol. The van der Waals surface area contributed by atoms with Crippen LogP contribution in [0.4, 0.5) is 20.2 Å². The lowest BCUT2D eigenvalue weighted by molar-refractivity contribution is -0.138. The Morgan fingerprint density at radius 1 is 1.41 bits per heavy atom. The van der Waals surface area contributed by atoms with Crippen molar-refractivity contribution >= 4 is 23.3 Å². The van der Waals surface area contributed by atoms with Crippen molar-refractivity contribution < 1.29 is 23.5 Å². The minimum absolute atomic E-state index is 0.0931. The molecule has 0 radical (unpaired) electrons. The van der Waals surface area contributed by atoms with E-state index in [-0.39, 0.29) is 11.4 Å². The van der Waals surface area contributed by atoms with Gasteiger partial charge in [-0.05, 0) is 12.1 Å². The fraction of sp³-hybridized carbons (Fsp3) is 0.200. The van der Waals surface area contributed by atoms with Gasteiger partial charge in [0.2, 0.25) is 5.91 Å². The van der Waals surface area contributed by atoms with Gasteiger partial charge in [-0.3, -0.25) is 9.59 Å². The van der Waals surface area contributed by atoms with Gasteiger partial charge >= 0.3 is 5.97 Å². The van der Waals surface area contributed by atoms with Crippen molar-refractivity contribution in [3.8, 4) is 0 Å². The number of halogens is 2. The van der Waals surface area contributed by atoms with Crippen LogP contribution in [0.2, 0.25) is 0 Å². The molecule has 1 aliphatic rings. The third-order valence-corrected chi connectivity index (χ3v) is 2.37. The lowest BCUT2D eigenvalue weighted by atomic mass is 10.1. The highest BCUT2D eigenvalue weighted by molar-refractivity contribution is 6.04. The Bertz CT molecular complexity index is 505. The van der Waals surface area contributed by atoms with Gasteiger partial charge in [0.05, 0.1) is 17.8 Å². The minimum Gasteiger partial charge on any atom is -0.481 e. The smallest absolute Gasteiger partial charge is 0.305 e. The third-order valence-electron chi connectivity index (χ3n) is 2.37. The van der Waals surface area contributed by atoms with E-state index in [9.17, 15) is 18.4 Å². The number of carboxylic acids is 1. The zero-order valence-electron chi connectivity index (χ0n) is 8.46. The molecule has 0 aliphatic carbocycles. The zero-order valence-corrected chi connectivity index (χ0v) is 8.46. The van der Waals surface area contributed by atoms with E-state index in [2.05, 4.69) is 10.6 Å². The summed E-state index contributed by atoms with van der Waals surface area (Å²) >= 11 is 0. The van der Waals surface area contributed by atoms with E-state index < -0.39 is 36.0 Å². The fourth-order valence-electron chi connectivity index (χ4n) is 1.57. The van der Waals surface area contributed by atoms with Gasteiger partial charge in [-0.15, -0.1) is 0 Å². The molecule has 1 aromatic rings. The zero-order chi connectivity index (χ0) is 12.6. The lowest BCUT2D eigenvalue weighted by Crippen LogP contribution is -2.40. The van der Waals surface area contributed by atoms with Crippen LogP contribution in [0.1, 0.15) is 6.42 Å². The maximum absolute atomic E-state index is 13.4. The summed E-state index contributed by atoms with van der Waals surface area (Å²) in [5, 5.41) is 13.3. The quantitative estimate of drug-likeness (QED) is 0.727. The highest BCUT2D eigenvalue weighted by Crippen LogP contribution is 2.31. The van der Waals surface area contributed by atoms with Crippen LogP contribution in [0.15, 0.2) is 12.1 Å². The number of aliphatic carboxylic acids is 1. The van der Waals surface area contributed by atoms with Gasteiger partial charge < -0.3 is 15.7 Å². The second kappa shape index (κ2) is 4.00. The van der Waals surface area contributed by atoms with Gasteiger partial charge in [-0.25, -0.2) is 8.78 Å². The molecule has 1 aliphatic heterocycles. The van der Waals surface area contributed by atoms with E-state index in [1.807, 2.05) is 0 Å². The Morgan fingerprint density at radius 2 is 2.12 bits per heavy atom. The van der Waals surface area contributed by atoms with Crippen LogP contribution >= 0.6 is 0 Å². The Morgan fingerprint density at radius 3 is 2.76 bits per heavy atom. The molecule has 5 nitrogen and oxygen atoms in total. The number of carboxylic acid groups (broad SMARTS) is 1. The largest absolute Gasteiger partial charge is 0.481 e. The Kier molecular flexibility index (Phi) is 2.66. The van der Waals surface area contributed by atoms with Crippen LogP contribution in [0.25, 0.3) is 0 Å². The molecule has 1 aromatic carbocycles. The Balaban J connectivity index is 2.35. The molecule has 0 fully saturated rings. The van der Waals surface area contributed by atoms with E-state index in [1.54, 1.807) is 0 Å². The van der Waals surface area contributed by atoms with Gasteiger partial charge in [-0.2, -0.15) is 0 Å². The van der Waals surface area contributed by atoms with Gasteiger partial charge in [0.1, 0.15) is 6.04 Å². The average Bonchev–Trinajstić information content (AvgIpc) is 2.25. The maximum atomic E-state index is 13.4. The van der Waals surface area contributed by atoms with E-state index in [0.29, 0.717) is 0 Å². The standard InChI is InChI=1S/C10H8F2N2O3/c11-4-1-2-5-9(8(4)12)13-6(3-7(15)16)10(17)14-5/h1-2,6,13H,3H2,(H,14,17)(H,15,16). The van der Waals surface area contributed by atoms with Gasteiger partial charge in [-0.1, -0.05) is 0 Å². The SMILES string of the molecule is O=C(O)CC1Nc2c(ccc(F)c2F)NC1=O. The summed E-state index contributed by atoms with van der Waals surface area (Å²) in [7, 11) is 0. The molecule has 3 N–H and O–H groups in total. The molecule has 90 valence electrons. The van der Waals surface area contributed by atoms with E-state index in [4.69, 9.17) is 5.11 Å². The number of fused-ring (bicyclic) bond motifs is 1. The number of carbonyl (C=O) groups is 2. The number of carbonyl (C=O) groups excluding carboxylic acids is 1. The van der Waals surface area contributed by atoms with E-state index >= 15 is 0 Å². The Hall–Kier alpha value is -2.18. The minimum atomic E-state index is -1.21. The molecule has 0 aromatic heterocycles. The first kappa shape index (κ1) is 11.3. The monoisotopic (exact) mass is 242 g/mol. The van der Waals surface area contributed by atoms with Crippen molar-refractivity contribution in [2.75, 3.05) is 10.6 Å². The average molecular weight is 242 g/mol. The van der Waals surface area contributed by atoms with Crippen LogP contribution in [-0.4, -0.2) is 23.0 Å². The first-order valence-electron chi connectivity index (χ1n) is 4.76. The molecule has 17 heavy (non-hydrogen) atoms. The molecule has 0 saturated heterocycles. The van der Waals surface area contributed by atoms with Gasteiger partial charge in [0.25, 0.3) is 0 Å². The van der Waals surface area contributed by atoms with Crippen LogP contribution < -0.4 is 10.6 Å². The highest BCUT2D eigenvalue weighted by atomic mass is 19.2. The summed E-state index contributed by atoms with van der Waals surface area (Å²) in [4.78, 5) is 21.9. The van der Waals surface area contributed by atoms with E-state index in [1.165, 1.54) is 6.07 Å². The molecular formula is C10H8F2N2O3. The predicted molar refractivity (Wildman–Crippen MR) is 54.7 cm³/mol. The summed E-state index contributed by atoms with van der Waals surface area (Å²) in [6.07, 6.45) is -0.513. The van der Waals surface area contributed by atoms with Gasteiger partial charge in [0, 0.05) is 0 Å².